The highest BCUT2D eigenvalue weighted by molar-refractivity contribution is 5.89. The fraction of sp³-hybridized carbons (Fsp3) is 0.103. The molecule has 0 radical (unpaired) electrons. The van der Waals surface area contributed by atoms with Crippen LogP contribution in [0.1, 0.15) is 19.4 Å². The first-order chi connectivity index (χ1) is 16.2. The maximum Gasteiger partial charge on any atom is 0.338 e. The lowest BCUT2D eigenvalue weighted by Crippen LogP contribution is -2.07. The molecule has 0 fully saturated rings. The van der Waals surface area contributed by atoms with Crippen LogP contribution >= 0.6 is 0 Å². The molecular weight excluding hydrogens is 428 g/mol. The fourth-order valence-electron chi connectivity index (χ4n) is 3.02. The Balaban J connectivity index is 1.66. The largest absolute Gasteiger partial charge is 0.462 e. The van der Waals surface area contributed by atoms with Gasteiger partial charge in [0, 0.05) is 11.1 Å². The van der Waals surface area contributed by atoms with E-state index in [0.29, 0.717) is 22.6 Å². The second kappa shape index (κ2) is 11.0. The Hall–Kier alpha value is -4.38. The van der Waals surface area contributed by atoms with Crippen molar-refractivity contribution >= 4 is 11.9 Å². The first kappa shape index (κ1) is 24.3. The fourth-order valence-corrected chi connectivity index (χ4v) is 3.02. The molecule has 0 saturated carbocycles. The second-order valence-corrected chi connectivity index (χ2v) is 7.83. The standard InChI is InChI=1S/C29H26O5/c1-19(2)28(30)33-17-16-32-27-15-12-25(18-21(27)5)24-8-6-22(7-9-24)23-10-13-26(14-11-23)34-29(31)20(3)4/h6-18H,1,3H2,2,4-5H3/b17-16-. The van der Waals surface area contributed by atoms with E-state index in [2.05, 4.69) is 25.3 Å². The molecule has 0 spiro atoms. The number of benzene rings is 3. The lowest BCUT2D eigenvalue weighted by molar-refractivity contribution is -0.133. The van der Waals surface area contributed by atoms with Crippen molar-refractivity contribution in [3.05, 3.63) is 109 Å². The first-order valence-electron chi connectivity index (χ1n) is 10.6. The SMILES string of the molecule is C=C(C)C(=O)O/C=C\Oc1ccc(-c2ccc(-c3ccc(OC(=O)C(=C)C)cc3)cc2)cc1C. The van der Waals surface area contributed by atoms with Gasteiger partial charge < -0.3 is 14.2 Å². The molecule has 0 aliphatic heterocycles. The molecule has 172 valence electrons. The van der Waals surface area contributed by atoms with Crippen molar-refractivity contribution in [2.75, 3.05) is 0 Å². The summed E-state index contributed by atoms with van der Waals surface area (Å²) < 4.78 is 15.7. The average molecular weight is 455 g/mol. The van der Waals surface area contributed by atoms with Crippen molar-refractivity contribution in [1.82, 2.24) is 0 Å². The molecule has 0 N–H and O–H groups in total. The monoisotopic (exact) mass is 454 g/mol. The first-order valence-corrected chi connectivity index (χ1v) is 10.6. The van der Waals surface area contributed by atoms with Gasteiger partial charge in [-0.25, -0.2) is 9.59 Å². The molecule has 0 aliphatic rings. The third-order valence-electron chi connectivity index (χ3n) is 4.91. The molecule has 0 saturated heterocycles. The van der Waals surface area contributed by atoms with Gasteiger partial charge in [-0.2, -0.15) is 0 Å². The smallest absolute Gasteiger partial charge is 0.338 e. The Labute approximate surface area is 199 Å². The summed E-state index contributed by atoms with van der Waals surface area (Å²) in [5, 5.41) is 0. The molecule has 0 heterocycles. The van der Waals surface area contributed by atoms with Crippen LogP contribution in [0, 0.1) is 6.92 Å². The van der Waals surface area contributed by atoms with E-state index in [4.69, 9.17) is 14.2 Å². The van der Waals surface area contributed by atoms with Crippen LogP contribution in [0.15, 0.2) is 104 Å². The molecule has 0 bridgehead atoms. The molecule has 0 atom stereocenters. The molecule has 3 rings (SSSR count). The third-order valence-corrected chi connectivity index (χ3v) is 4.91. The van der Waals surface area contributed by atoms with Gasteiger partial charge in [-0.05, 0) is 72.9 Å². The summed E-state index contributed by atoms with van der Waals surface area (Å²) in [4.78, 5) is 23.0. The van der Waals surface area contributed by atoms with E-state index in [0.717, 1.165) is 27.8 Å². The Kier molecular flexibility index (Phi) is 7.83. The number of esters is 2. The van der Waals surface area contributed by atoms with E-state index in [9.17, 15) is 9.59 Å². The average Bonchev–Trinajstić information content (AvgIpc) is 2.83. The highest BCUT2D eigenvalue weighted by Crippen LogP contribution is 2.29. The van der Waals surface area contributed by atoms with Gasteiger partial charge in [0.2, 0.25) is 0 Å². The molecule has 0 aliphatic carbocycles. The normalized spacial score (nSPS) is 10.6. The van der Waals surface area contributed by atoms with Crippen LogP contribution in [-0.2, 0) is 14.3 Å². The van der Waals surface area contributed by atoms with Crippen molar-refractivity contribution in [1.29, 1.82) is 0 Å². The van der Waals surface area contributed by atoms with Crippen LogP contribution in [0.5, 0.6) is 11.5 Å². The number of carbonyl (C=O) groups is 2. The molecular formula is C29H26O5. The van der Waals surface area contributed by atoms with Crippen molar-refractivity contribution in [2.45, 2.75) is 20.8 Å². The summed E-state index contributed by atoms with van der Waals surface area (Å²) in [5.41, 5.74) is 5.80. The van der Waals surface area contributed by atoms with Crippen LogP contribution in [-0.4, -0.2) is 11.9 Å². The predicted octanol–water partition coefficient (Wildman–Crippen LogP) is 6.78. The molecule has 5 nitrogen and oxygen atoms in total. The Morgan fingerprint density at radius 1 is 0.706 bits per heavy atom. The number of ether oxygens (including phenoxy) is 3. The van der Waals surface area contributed by atoms with Gasteiger partial charge in [0.25, 0.3) is 0 Å². The van der Waals surface area contributed by atoms with Gasteiger partial charge in [-0.1, -0.05) is 55.6 Å². The zero-order valence-corrected chi connectivity index (χ0v) is 19.5. The van der Waals surface area contributed by atoms with E-state index in [1.165, 1.54) is 12.5 Å². The van der Waals surface area contributed by atoms with Gasteiger partial charge in [-0.15, -0.1) is 0 Å². The van der Waals surface area contributed by atoms with Gasteiger partial charge in [-0.3, -0.25) is 0 Å². The topological polar surface area (TPSA) is 61.8 Å². The van der Waals surface area contributed by atoms with Gasteiger partial charge in [0.1, 0.15) is 24.0 Å². The lowest BCUT2D eigenvalue weighted by Gasteiger charge is -2.09. The summed E-state index contributed by atoms with van der Waals surface area (Å²) >= 11 is 0. The minimum absolute atomic E-state index is 0.317. The summed E-state index contributed by atoms with van der Waals surface area (Å²) in [7, 11) is 0. The Morgan fingerprint density at radius 2 is 1.21 bits per heavy atom. The number of hydrogen-bond acceptors (Lipinski definition) is 5. The van der Waals surface area contributed by atoms with E-state index in [-0.39, 0.29) is 0 Å². The van der Waals surface area contributed by atoms with Crippen LogP contribution in [0.2, 0.25) is 0 Å². The minimum atomic E-state index is -0.502. The van der Waals surface area contributed by atoms with Crippen LogP contribution in [0.4, 0.5) is 0 Å². The maximum absolute atomic E-state index is 11.6. The van der Waals surface area contributed by atoms with Crippen molar-refractivity contribution in [3.8, 4) is 33.8 Å². The van der Waals surface area contributed by atoms with Crippen molar-refractivity contribution in [3.63, 3.8) is 0 Å². The third kappa shape index (κ3) is 6.33. The van der Waals surface area contributed by atoms with E-state index in [1.807, 2.05) is 49.4 Å². The molecule has 3 aromatic rings. The summed E-state index contributed by atoms with van der Waals surface area (Å²) in [6.45, 7) is 12.2. The van der Waals surface area contributed by atoms with Gasteiger partial charge in [0.15, 0.2) is 0 Å². The van der Waals surface area contributed by atoms with Crippen LogP contribution < -0.4 is 9.47 Å². The van der Waals surface area contributed by atoms with E-state index >= 15 is 0 Å². The molecule has 3 aromatic carbocycles. The minimum Gasteiger partial charge on any atom is -0.462 e. The van der Waals surface area contributed by atoms with Gasteiger partial charge in [0.05, 0.1) is 0 Å². The van der Waals surface area contributed by atoms with E-state index < -0.39 is 11.9 Å². The Bertz CT molecular complexity index is 1250. The van der Waals surface area contributed by atoms with Gasteiger partial charge >= 0.3 is 11.9 Å². The molecule has 0 aromatic heterocycles. The number of carbonyl (C=O) groups excluding carboxylic acids is 2. The quantitative estimate of drug-likeness (QED) is 0.162. The molecule has 5 heteroatoms. The summed E-state index contributed by atoms with van der Waals surface area (Å²) in [5.74, 6) is 0.203. The summed E-state index contributed by atoms with van der Waals surface area (Å²) in [6, 6.07) is 21.4. The number of rotatable bonds is 8. The lowest BCUT2D eigenvalue weighted by atomic mass is 9.99. The van der Waals surface area contributed by atoms with E-state index in [1.54, 1.807) is 26.0 Å². The highest BCUT2D eigenvalue weighted by atomic mass is 16.5. The molecule has 0 amide bonds. The van der Waals surface area contributed by atoms with Crippen LogP contribution in [0.3, 0.4) is 0 Å². The second-order valence-electron chi connectivity index (χ2n) is 7.83. The van der Waals surface area contributed by atoms with Crippen molar-refractivity contribution < 1.29 is 23.8 Å². The van der Waals surface area contributed by atoms with Crippen molar-refractivity contribution in [2.24, 2.45) is 0 Å². The zero-order valence-electron chi connectivity index (χ0n) is 19.5. The number of aryl methyl sites for hydroxylation is 1. The predicted molar refractivity (Wildman–Crippen MR) is 133 cm³/mol. The molecule has 34 heavy (non-hydrogen) atoms. The maximum atomic E-state index is 11.6. The molecule has 0 unspecified atom stereocenters. The highest BCUT2D eigenvalue weighted by Gasteiger charge is 2.07. The summed E-state index contributed by atoms with van der Waals surface area (Å²) in [6.07, 6.45) is 2.52. The number of hydrogen-bond donors (Lipinski definition) is 0. The van der Waals surface area contributed by atoms with Crippen LogP contribution in [0.25, 0.3) is 22.3 Å². The zero-order chi connectivity index (χ0) is 24.7. The Morgan fingerprint density at radius 3 is 1.74 bits per heavy atom.